The SMILES string of the molecule is CCCCCC=CC(OC)(OC)OC. The fraction of sp³-hybridized carbons (Fsp3) is 0.818. The van der Waals surface area contributed by atoms with Crippen LogP contribution in [0.3, 0.4) is 0 Å². The molecule has 0 bridgehead atoms. The van der Waals surface area contributed by atoms with Crippen molar-refractivity contribution in [2.24, 2.45) is 0 Å². The highest BCUT2D eigenvalue weighted by Crippen LogP contribution is 2.14. The Bertz CT molecular complexity index is 142. The summed E-state index contributed by atoms with van der Waals surface area (Å²) in [6.45, 7) is 2.19. The molecule has 0 atom stereocenters. The van der Waals surface area contributed by atoms with Crippen LogP contribution in [0.25, 0.3) is 0 Å². The van der Waals surface area contributed by atoms with E-state index in [2.05, 4.69) is 6.92 Å². The van der Waals surface area contributed by atoms with E-state index >= 15 is 0 Å². The van der Waals surface area contributed by atoms with Crippen molar-refractivity contribution in [1.29, 1.82) is 0 Å². The summed E-state index contributed by atoms with van der Waals surface area (Å²) in [5.74, 6) is -1.01. The average Bonchev–Trinajstić information content (AvgIpc) is 2.24. The van der Waals surface area contributed by atoms with Crippen molar-refractivity contribution in [1.82, 2.24) is 0 Å². The molecule has 0 aliphatic carbocycles. The molecule has 0 saturated heterocycles. The van der Waals surface area contributed by atoms with Gasteiger partial charge in [0.15, 0.2) is 0 Å². The normalized spacial score (nSPS) is 12.6. The number of hydrogen-bond acceptors (Lipinski definition) is 3. The molecule has 0 N–H and O–H groups in total. The van der Waals surface area contributed by atoms with Crippen LogP contribution in [-0.2, 0) is 14.2 Å². The summed E-state index contributed by atoms with van der Waals surface area (Å²) in [7, 11) is 4.68. The topological polar surface area (TPSA) is 27.7 Å². The highest BCUT2D eigenvalue weighted by atomic mass is 16.9. The minimum atomic E-state index is -1.01. The molecule has 0 heterocycles. The maximum absolute atomic E-state index is 5.11. The third-order valence-corrected chi connectivity index (χ3v) is 2.15. The number of methoxy groups -OCH3 is 3. The summed E-state index contributed by atoms with van der Waals surface area (Å²) < 4.78 is 15.3. The van der Waals surface area contributed by atoms with Crippen molar-refractivity contribution >= 4 is 0 Å². The van der Waals surface area contributed by atoms with Crippen molar-refractivity contribution < 1.29 is 14.2 Å². The molecular weight excluding hydrogens is 180 g/mol. The molecule has 0 radical (unpaired) electrons. The third-order valence-electron chi connectivity index (χ3n) is 2.15. The highest BCUT2D eigenvalue weighted by molar-refractivity contribution is 4.90. The molecule has 84 valence electrons. The standard InChI is InChI=1S/C11H22O3/c1-5-6-7-8-9-10-11(12-2,13-3)14-4/h9-10H,5-8H2,1-4H3. The van der Waals surface area contributed by atoms with E-state index < -0.39 is 5.97 Å². The summed E-state index contributed by atoms with van der Waals surface area (Å²) >= 11 is 0. The lowest BCUT2D eigenvalue weighted by molar-refractivity contribution is -0.318. The summed E-state index contributed by atoms with van der Waals surface area (Å²) in [5.41, 5.74) is 0. The van der Waals surface area contributed by atoms with Crippen LogP contribution in [0.5, 0.6) is 0 Å². The van der Waals surface area contributed by atoms with Crippen molar-refractivity contribution in [3.05, 3.63) is 12.2 Å². The van der Waals surface area contributed by atoms with Gasteiger partial charge in [-0.25, -0.2) is 0 Å². The Hall–Kier alpha value is -0.380. The lowest BCUT2D eigenvalue weighted by Gasteiger charge is -2.24. The second-order valence-corrected chi connectivity index (χ2v) is 3.11. The number of ether oxygens (including phenoxy) is 3. The maximum atomic E-state index is 5.11. The van der Waals surface area contributed by atoms with Crippen LogP contribution in [-0.4, -0.2) is 27.3 Å². The van der Waals surface area contributed by atoms with Gasteiger partial charge in [-0.1, -0.05) is 25.8 Å². The Labute approximate surface area is 87.0 Å². The smallest absolute Gasteiger partial charge is 0.303 e. The zero-order chi connectivity index (χ0) is 10.9. The fourth-order valence-electron chi connectivity index (χ4n) is 1.19. The number of unbranched alkanes of at least 4 members (excludes halogenated alkanes) is 3. The second-order valence-electron chi connectivity index (χ2n) is 3.11. The largest absolute Gasteiger partial charge is 0.327 e. The molecular formula is C11H22O3. The van der Waals surface area contributed by atoms with Crippen molar-refractivity contribution in [3.63, 3.8) is 0 Å². The molecule has 0 aromatic heterocycles. The molecule has 0 amide bonds. The van der Waals surface area contributed by atoms with E-state index in [1.807, 2.05) is 12.2 Å². The van der Waals surface area contributed by atoms with Crippen LogP contribution in [0.1, 0.15) is 32.6 Å². The van der Waals surface area contributed by atoms with E-state index in [-0.39, 0.29) is 0 Å². The first-order chi connectivity index (χ1) is 6.74. The average molecular weight is 202 g/mol. The van der Waals surface area contributed by atoms with Gasteiger partial charge < -0.3 is 14.2 Å². The number of rotatable bonds is 8. The predicted molar refractivity (Wildman–Crippen MR) is 57.0 cm³/mol. The monoisotopic (exact) mass is 202 g/mol. The summed E-state index contributed by atoms with van der Waals surface area (Å²) in [6.07, 6.45) is 8.56. The molecule has 0 saturated carbocycles. The molecule has 3 heteroatoms. The van der Waals surface area contributed by atoms with E-state index in [9.17, 15) is 0 Å². The summed E-state index contributed by atoms with van der Waals surface area (Å²) in [6, 6.07) is 0. The minimum Gasteiger partial charge on any atom is -0.327 e. The van der Waals surface area contributed by atoms with Crippen molar-refractivity contribution in [2.75, 3.05) is 21.3 Å². The molecule has 0 rings (SSSR count). The molecule has 0 aromatic carbocycles. The van der Waals surface area contributed by atoms with E-state index in [1.54, 1.807) is 21.3 Å². The first kappa shape index (κ1) is 13.6. The molecule has 14 heavy (non-hydrogen) atoms. The molecule has 0 unspecified atom stereocenters. The lowest BCUT2D eigenvalue weighted by Crippen LogP contribution is -2.33. The van der Waals surface area contributed by atoms with Crippen LogP contribution in [0, 0.1) is 0 Å². The third kappa shape index (κ3) is 4.74. The Balaban J connectivity index is 3.90. The number of allylic oxidation sites excluding steroid dienone is 1. The van der Waals surface area contributed by atoms with Crippen molar-refractivity contribution in [2.45, 2.75) is 38.6 Å². The van der Waals surface area contributed by atoms with Gasteiger partial charge in [0.05, 0.1) is 0 Å². The predicted octanol–water partition coefficient (Wildman–Crippen LogP) is 2.72. The van der Waals surface area contributed by atoms with Gasteiger partial charge in [0.1, 0.15) is 0 Å². The van der Waals surface area contributed by atoms with Gasteiger partial charge in [0.25, 0.3) is 0 Å². The molecule has 0 spiro atoms. The van der Waals surface area contributed by atoms with E-state index in [0.29, 0.717) is 0 Å². The van der Waals surface area contributed by atoms with Gasteiger partial charge in [-0.05, 0) is 12.8 Å². The first-order valence-electron chi connectivity index (χ1n) is 5.07. The molecule has 0 fully saturated rings. The van der Waals surface area contributed by atoms with Crippen LogP contribution in [0.2, 0.25) is 0 Å². The van der Waals surface area contributed by atoms with Gasteiger partial charge in [-0.15, -0.1) is 0 Å². The quantitative estimate of drug-likeness (QED) is 0.344. The van der Waals surface area contributed by atoms with Gasteiger partial charge in [0, 0.05) is 27.4 Å². The fourth-order valence-corrected chi connectivity index (χ4v) is 1.19. The van der Waals surface area contributed by atoms with Gasteiger partial charge in [0.2, 0.25) is 0 Å². The van der Waals surface area contributed by atoms with Gasteiger partial charge >= 0.3 is 5.97 Å². The molecule has 0 aromatic rings. The lowest BCUT2D eigenvalue weighted by atomic mass is 10.2. The Morgan fingerprint density at radius 3 is 2.00 bits per heavy atom. The molecule has 0 aliphatic rings. The Morgan fingerprint density at radius 2 is 1.57 bits per heavy atom. The first-order valence-corrected chi connectivity index (χ1v) is 5.07. The number of hydrogen-bond donors (Lipinski definition) is 0. The zero-order valence-electron chi connectivity index (χ0n) is 9.71. The Kier molecular flexibility index (Phi) is 7.76. The summed E-state index contributed by atoms with van der Waals surface area (Å²) in [5, 5.41) is 0. The molecule has 3 nitrogen and oxygen atoms in total. The van der Waals surface area contributed by atoms with Gasteiger partial charge in [-0.3, -0.25) is 0 Å². The van der Waals surface area contributed by atoms with Crippen LogP contribution < -0.4 is 0 Å². The van der Waals surface area contributed by atoms with E-state index in [4.69, 9.17) is 14.2 Å². The van der Waals surface area contributed by atoms with Gasteiger partial charge in [-0.2, -0.15) is 0 Å². The van der Waals surface area contributed by atoms with Crippen LogP contribution >= 0.6 is 0 Å². The van der Waals surface area contributed by atoms with E-state index in [1.165, 1.54) is 19.3 Å². The Morgan fingerprint density at radius 1 is 1.00 bits per heavy atom. The van der Waals surface area contributed by atoms with Crippen molar-refractivity contribution in [3.8, 4) is 0 Å². The van der Waals surface area contributed by atoms with E-state index in [0.717, 1.165) is 6.42 Å². The molecule has 0 aliphatic heterocycles. The highest BCUT2D eigenvalue weighted by Gasteiger charge is 2.24. The minimum absolute atomic E-state index is 1.01. The van der Waals surface area contributed by atoms with Crippen LogP contribution in [0.15, 0.2) is 12.2 Å². The maximum Gasteiger partial charge on any atom is 0.303 e. The van der Waals surface area contributed by atoms with Crippen LogP contribution in [0.4, 0.5) is 0 Å². The zero-order valence-corrected chi connectivity index (χ0v) is 9.71. The summed E-state index contributed by atoms with van der Waals surface area (Å²) in [4.78, 5) is 0. The second kappa shape index (κ2) is 7.97.